The topological polar surface area (TPSA) is 108 Å². The summed E-state index contributed by atoms with van der Waals surface area (Å²) < 4.78 is 4.17. The first-order valence-corrected chi connectivity index (χ1v) is 4.47. The van der Waals surface area contributed by atoms with E-state index in [1.54, 1.807) is 0 Å². The van der Waals surface area contributed by atoms with Gasteiger partial charge in [0.1, 0.15) is 12.4 Å². The van der Waals surface area contributed by atoms with E-state index in [0.717, 1.165) is 13.0 Å². The molecule has 0 aliphatic heterocycles. The van der Waals surface area contributed by atoms with E-state index in [2.05, 4.69) is 35.1 Å². The highest BCUT2D eigenvalue weighted by atomic mass is 15.1. The number of nitrogens with two attached hydrogens (primary N) is 2. The Morgan fingerprint density at radius 1 is 1.44 bits per heavy atom. The Balaban J connectivity index is 0. The van der Waals surface area contributed by atoms with Crippen LogP contribution in [0, 0.1) is 22.9 Å². The summed E-state index contributed by atoms with van der Waals surface area (Å²) in [7, 11) is 2.02. The van der Waals surface area contributed by atoms with Crippen molar-refractivity contribution in [2.24, 2.45) is 18.5 Å². The molecule has 0 radical (unpaired) electrons. The SMILES string of the molecule is C=CCC[n+]1ccn(C)c1.N#CN.N#CN. The van der Waals surface area contributed by atoms with E-state index in [1.165, 1.54) is 12.4 Å². The third-order valence-corrected chi connectivity index (χ3v) is 1.42. The summed E-state index contributed by atoms with van der Waals surface area (Å²) in [4.78, 5) is 0. The lowest BCUT2D eigenvalue weighted by atomic mass is 10.4. The van der Waals surface area contributed by atoms with E-state index in [-0.39, 0.29) is 0 Å². The summed E-state index contributed by atoms with van der Waals surface area (Å²) in [5.41, 5.74) is 8.31. The van der Waals surface area contributed by atoms with E-state index in [9.17, 15) is 0 Å². The molecule has 1 heterocycles. The van der Waals surface area contributed by atoms with Crippen LogP contribution in [0.25, 0.3) is 0 Å². The van der Waals surface area contributed by atoms with Crippen molar-refractivity contribution in [2.75, 3.05) is 0 Å². The molecule has 1 rings (SSSR count). The van der Waals surface area contributed by atoms with E-state index < -0.39 is 0 Å². The van der Waals surface area contributed by atoms with Gasteiger partial charge in [-0.25, -0.2) is 9.13 Å². The van der Waals surface area contributed by atoms with E-state index in [1.807, 2.05) is 23.9 Å². The summed E-state index contributed by atoms with van der Waals surface area (Å²) in [6.45, 7) is 4.69. The Kier molecular flexibility index (Phi) is 12.5. The number of nitrogens with zero attached hydrogens (tertiary/aromatic N) is 4. The minimum atomic E-state index is 1.03. The number of aryl methyl sites for hydroxylation is 2. The molecule has 0 bridgehead atoms. The largest absolute Gasteiger partial charge is 0.337 e. The van der Waals surface area contributed by atoms with Gasteiger partial charge in [-0.1, -0.05) is 6.08 Å². The zero-order chi connectivity index (χ0) is 12.8. The average Bonchev–Trinajstić information content (AvgIpc) is 2.64. The van der Waals surface area contributed by atoms with E-state index >= 15 is 0 Å². The van der Waals surface area contributed by atoms with E-state index in [4.69, 9.17) is 10.5 Å². The summed E-state index contributed by atoms with van der Waals surface area (Å²) in [6.07, 6.45) is 11.6. The third kappa shape index (κ3) is 11.5. The lowest BCUT2D eigenvalue weighted by molar-refractivity contribution is -0.695. The molecular formula is C10H17N6+. The van der Waals surface area contributed by atoms with Gasteiger partial charge in [0.15, 0.2) is 12.4 Å². The van der Waals surface area contributed by atoms with Crippen LogP contribution in [-0.2, 0) is 13.6 Å². The molecule has 6 heteroatoms. The number of hydrogen-bond acceptors (Lipinski definition) is 4. The van der Waals surface area contributed by atoms with Crippen molar-refractivity contribution in [1.29, 1.82) is 10.5 Å². The summed E-state index contributed by atoms with van der Waals surface area (Å²) in [6, 6.07) is 0. The molecule has 1 aromatic rings. The zero-order valence-corrected chi connectivity index (χ0v) is 9.37. The standard InChI is InChI=1S/C8H13N2.2CH2N2/c1-3-4-5-10-7-6-9(2)8-10;2*2-1-3/h3,6-8H,1,4-5H2,2H3;2*2H2/q+1;;. The molecule has 0 unspecified atom stereocenters. The Morgan fingerprint density at radius 3 is 2.25 bits per heavy atom. The summed E-state index contributed by atoms with van der Waals surface area (Å²) >= 11 is 0. The van der Waals surface area contributed by atoms with Crippen LogP contribution in [0.3, 0.4) is 0 Å². The summed E-state index contributed by atoms with van der Waals surface area (Å²) in [5.74, 6) is 0. The number of imidazole rings is 1. The first-order chi connectivity index (χ1) is 7.65. The first kappa shape index (κ1) is 16.0. The van der Waals surface area contributed by atoms with Crippen molar-refractivity contribution >= 4 is 0 Å². The van der Waals surface area contributed by atoms with Crippen molar-refractivity contribution in [1.82, 2.24) is 4.57 Å². The molecule has 1 aromatic heterocycles. The Bertz CT molecular complexity index is 342. The predicted molar refractivity (Wildman–Crippen MR) is 60.0 cm³/mol. The Morgan fingerprint density at radius 2 is 1.94 bits per heavy atom. The molecule has 86 valence electrons. The second-order valence-corrected chi connectivity index (χ2v) is 2.65. The van der Waals surface area contributed by atoms with Gasteiger partial charge in [0, 0.05) is 6.42 Å². The number of nitriles is 2. The molecule has 0 amide bonds. The maximum absolute atomic E-state index is 7.10. The fourth-order valence-corrected chi connectivity index (χ4v) is 0.874. The first-order valence-electron chi connectivity index (χ1n) is 4.47. The normalized spacial score (nSPS) is 6.94. The number of aromatic nitrogens is 2. The summed E-state index contributed by atoms with van der Waals surface area (Å²) in [5, 5.41) is 14.2. The van der Waals surface area contributed by atoms with Crippen LogP contribution in [0.2, 0.25) is 0 Å². The smallest absolute Gasteiger partial charge is 0.243 e. The monoisotopic (exact) mass is 221 g/mol. The highest BCUT2D eigenvalue weighted by Crippen LogP contribution is 1.81. The fourth-order valence-electron chi connectivity index (χ4n) is 0.874. The van der Waals surface area contributed by atoms with Crippen LogP contribution in [0.15, 0.2) is 31.4 Å². The lowest BCUT2D eigenvalue weighted by Gasteiger charge is -1.88. The molecule has 0 spiro atoms. The molecule has 0 aliphatic carbocycles. The lowest BCUT2D eigenvalue weighted by Crippen LogP contribution is -2.30. The molecule has 16 heavy (non-hydrogen) atoms. The van der Waals surface area contributed by atoms with Crippen LogP contribution in [0.1, 0.15) is 6.42 Å². The average molecular weight is 221 g/mol. The van der Waals surface area contributed by atoms with Crippen LogP contribution < -0.4 is 16.0 Å². The second-order valence-electron chi connectivity index (χ2n) is 2.65. The van der Waals surface area contributed by atoms with Gasteiger partial charge in [0.25, 0.3) is 0 Å². The number of allylic oxidation sites excluding steroid dienone is 1. The molecule has 0 aliphatic rings. The van der Waals surface area contributed by atoms with Crippen molar-refractivity contribution < 1.29 is 4.57 Å². The molecule has 0 atom stereocenters. The third-order valence-electron chi connectivity index (χ3n) is 1.42. The van der Waals surface area contributed by atoms with Crippen LogP contribution in [0.4, 0.5) is 0 Å². The van der Waals surface area contributed by atoms with Crippen molar-refractivity contribution in [3.8, 4) is 12.4 Å². The van der Waals surface area contributed by atoms with Gasteiger partial charge in [-0.3, -0.25) is 0 Å². The molecule has 4 N–H and O–H groups in total. The quantitative estimate of drug-likeness (QED) is 0.317. The maximum atomic E-state index is 7.10. The molecule has 0 aromatic carbocycles. The van der Waals surface area contributed by atoms with E-state index in [0.29, 0.717) is 0 Å². The van der Waals surface area contributed by atoms with Gasteiger partial charge < -0.3 is 11.5 Å². The predicted octanol–water partition coefficient (Wildman–Crippen LogP) is -0.259. The Labute approximate surface area is 95.6 Å². The molecular weight excluding hydrogens is 204 g/mol. The van der Waals surface area contributed by atoms with Crippen LogP contribution in [0.5, 0.6) is 0 Å². The minimum absolute atomic E-state index is 1.03. The number of rotatable bonds is 3. The van der Waals surface area contributed by atoms with Crippen LogP contribution in [-0.4, -0.2) is 4.57 Å². The molecule has 0 saturated carbocycles. The second kappa shape index (κ2) is 12.5. The van der Waals surface area contributed by atoms with Gasteiger partial charge >= 0.3 is 0 Å². The minimum Gasteiger partial charge on any atom is -0.337 e. The van der Waals surface area contributed by atoms with Crippen LogP contribution >= 0.6 is 0 Å². The van der Waals surface area contributed by atoms with Crippen molar-refractivity contribution in [3.05, 3.63) is 31.4 Å². The number of hydrogen-bond donors (Lipinski definition) is 2. The molecule has 0 fully saturated rings. The fraction of sp³-hybridized carbons (Fsp3) is 0.300. The maximum Gasteiger partial charge on any atom is 0.243 e. The molecule has 6 nitrogen and oxygen atoms in total. The zero-order valence-electron chi connectivity index (χ0n) is 9.37. The highest BCUT2D eigenvalue weighted by Gasteiger charge is 1.95. The van der Waals surface area contributed by atoms with Gasteiger partial charge in [0.2, 0.25) is 6.33 Å². The van der Waals surface area contributed by atoms with Gasteiger partial charge in [-0.05, 0) is 0 Å². The van der Waals surface area contributed by atoms with Crippen molar-refractivity contribution in [2.45, 2.75) is 13.0 Å². The highest BCUT2D eigenvalue weighted by molar-refractivity contribution is 4.65. The Hall–Kier alpha value is -2.47. The molecule has 0 saturated heterocycles. The van der Waals surface area contributed by atoms with Crippen molar-refractivity contribution in [3.63, 3.8) is 0 Å². The van der Waals surface area contributed by atoms with Gasteiger partial charge in [-0.15, -0.1) is 6.58 Å². The van der Waals surface area contributed by atoms with Gasteiger partial charge in [0.05, 0.1) is 13.6 Å². The van der Waals surface area contributed by atoms with Gasteiger partial charge in [-0.2, -0.15) is 10.5 Å².